The lowest BCUT2D eigenvalue weighted by atomic mass is 10.1. The number of likely N-dealkylation sites (tertiary alicyclic amines) is 1. The van der Waals surface area contributed by atoms with Gasteiger partial charge in [-0.25, -0.2) is 9.67 Å². The highest BCUT2D eigenvalue weighted by molar-refractivity contribution is 7.17. The molecule has 0 radical (unpaired) electrons. The number of fused-ring (bicyclic) bond motifs is 1. The molecule has 12 heteroatoms. The molecule has 0 aliphatic carbocycles. The Kier molecular flexibility index (Phi) is 7.05. The molecular weight excluding hydrogens is 516 g/mol. The molecule has 2 N–H and O–H groups in total. The van der Waals surface area contributed by atoms with Gasteiger partial charge in [0.25, 0.3) is 5.91 Å². The van der Waals surface area contributed by atoms with E-state index in [1.165, 1.54) is 11.3 Å². The van der Waals surface area contributed by atoms with E-state index in [1.807, 2.05) is 52.5 Å². The van der Waals surface area contributed by atoms with Gasteiger partial charge in [-0.1, -0.05) is 24.3 Å². The lowest BCUT2D eigenvalue weighted by Gasteiger charge is -2.23. The Labute approximate surface area is 230 Å². The van der Waals surface area contributed by atoms with Crippen molar-refractivity contribution in [3.63, 3.8) is 0 Å². The zero-order valence-electron chi connectivity index (χ0n) is 22.1. The molecule has 2 saturated heterocycles. The second-order valence-corrected chi connectivity index (χ2v) is 11.1. The maximum atomic E-state index is 13.2. The predicted octanol–water partition coefficient (Wildman–Crippen LogP) is 4.88. The number of anilines is 3. The number of hydrogen-bond donors (Lipinski definition) is 2. The fourth-order valence-corrected chi connectivity index (χ4v) is 6.00. The number of nitrogens with one attached hydrogen (secondary N) is 2. The number of amides is 2. The molecule has 1 aromatic carbocycles. The molecule has 3 aromatic heterocycles. The van der Waals surface area contributed by atoms with Crippen molar-refractivity contribution in [3.8, 4) is 0 Å². The Morgan fingerprint density at radius 2 is 2.08 bits per heavy atom. The van der Waals surface area contributed by atoms with Gasteiger partial charge >= 0.3 is 0 Å². The van der Waals surface area contributed by atoms with Gasteiger partial charge in [-0.15, -0.1) is 0 Å². The van der Waals surface area contributed by atoms with Crippen LogP contribution in [-0.4, -0.2) is 61.0 Å². The van der Waals surface area contributed by atoms with Crippen molar-refractivity contribution in [2.24, 2.45) is 0 Å². The number of rotatable bonds is 7. The summed E-state index contributed by atoms with van der Waals surface area (Å²) >= 11 is 1.27. The van der Waals surface area contributed by atoms with Gasteiger partial charge in [0.05, 0.1) is 29.6 Å². The first kappa shape index (κ1) is 25.5. The van der Waals surface area contributed by atoms with Gasteiger partial charge in [0, 0.05) is 43.8 Å². The molecule has 6 rings (SSSR count). The van der Waals surface area contributed by atoms with Gasteiger partial charge in [0.15, 0.2) is 17.2 Å². The molecule has 2 fully saturated rings. The summed E-state index contributed by atoms with van der Waals surface area (Å²) in [5.74, 6) is 0.597. The fraction of sp³-hybridized carbons (Fsp3) is 0.444. The van der Waals surface area contributed by atoms with Gasteiger partial charge in [-0.3, -0.25) is 14.3 Å². The van der Waals surface area contributed by atoms with Crippen LogP contribution in [0.5, 0.6) is 0 Å². The minimum atomic E-state index is -0.227. The number of hydrogen-bond acceptors (Lipinski definition) is 8. The third kappa shape index (κ3) is 5.13. The maximum absolute atomic E-state index is 13.2. The first-order valence-electron chi connectivity index (χ1n) is 13.5. The van der Waals surface area contributed by atoms with E-state index >= 15 is 0 Å². The van der Waals surface area contributed by atoms with Gasteiger partial charge in [-0.05, 0) is 44.2 Å². The highest BCUT2D eigenvalue weighted by atomic mass is 32.1. The van der Waals surface area contributed by atoms with E-state index in [1.54, 1.807) is 12.4 Å². The number of benzene rings is 1. The molecule has 11 nitrogen and oxygen atoms in total. The van der Waals surface area contributed by atoms with E-state index in [-0.39, 0.29) is 24.1 Å². The number of aromatic nitrogens is 5. The van der Waals surface area contributed by atoms with Crippen LogP contribution < -0.4 is 10.6 Å². The summed E-state index contributed by atoms with van der Waals surface area (Å²) < 4.78 is 9.75. The van der Waals surface area contributed by atoms with Crippen molar-refractivity contribution in [1.82, 2.24) is 29.4 Å². The Bertz CT molecular complexity index is 1500. The number of aryl methyl sites for hydroxylation is 1. The molecule has 39 heavy (non-hydrogen) atoms. The Balaban J connectivity index is 1.13. The van der Waals surface area contributed by atoms with Crippen LogP contribution >= 0.6 is 11.3 Å². The summed E-state index contributed by atoms with van der Waals surface area (Å²) in [7, 11) is 0. The zero-order chi connectivity index (χ0) is 26.9. The maximum Gasteiger partial charge on any atom is 0.267 e. The van der Waals surface area contributed by atoms with Crippen LogP contribution in [0.25, 0.3) is 10.9 Å². The molecule has 4 aromatic rings. The van der Waals surface area contributed by atoms with Crippen LogP contribution in [0.2, 0.25) is 0 Å². The molecule has 1 unspecified atom stereocenters. The minimum Gasteiger partial charge on any atom is -0.356 e. The third-order valence-electron chi connectivity index (χ3n) is 7.42. The fourth-order valence-electron chi connectivity index (χ4n) is 5.28. The van der Waals surface area contributed by atoms with Crippen LogP contribution in [0.1, 0.15) is 66.5 Å². The Hall–Kier alpha value is -3.77. The van der Waals surface area contributed by atoms with E-state index in [9.17, 15) is 9.59 Å². The van der Waals surface area contributed by atoms with Gasteiger partial charge in [0.2, 0.25) is 5.91 Å². The second kappa shape index (κ2) is 10.8. The summed E-state index contributed by atoms with van der Waals surface area (Å²) in [4.78, 5) is 32.0. The van der Waals surface area contributed by atoms with E-state index in [0.717, 1.165) is 61.0 Å². The molecule has 5 heterocycles. The number of thiazole rings is 1. The third-order valence-corrected chi connectivity index (χ3v) is 8.33. The summed E-state index contributed by atoms with van der Waals surface area (Å²) in [6.45, 7) is 6.03. The molecule has 2 aliphatic heterocycles. The summed E-state index contributed by atoms with van der Waals surface area (Å²) in [6, 6.07) is 6.07. The van der Waals surface area contributed by atoms with Crippen LogP contribution in [0, 0.1) is 6.92 Å². The van der Waals surface area contributed by atoms with Crippen LogP contribution in [0.4, 0.5) is 16.6 Å². The van der Waals surface area contributed by atoms with E-state index in [0.29, 0.717) is 28.8 Å². The van der Waals surface area contributed by atoms with Crippen LogP contribution in [0.3, 0.4) is 0 Å². The molecule has 2 aliphatic rings. The van der Waals surface area contributed by atoms with Crippen molar-refractivity contribution in [2.75, 3.05) is 30.3 Å². The van der Waals surface area contributed by atoms with E-state index < -0.39 is 0 Å². The highest BCUT2D eigenvalue weighted by Crippen LogP contribution is 2.32. The SMILES string of the molecule is CCC(=O)N1CC[C@@H](n2ccc(Nc3ncc(C(=O)Nc4c(C)ccc5c4cnn5C4CCCCO4)s3)n2)C1. The smallest absolute Gasteiger partial charge is 0.267 e. The number of carbonyl (C=O) groups excluding carboxylic acids is 2. The molecule has 0 saturated carbocycles. The Morgan fingerprint density at radius 3 is 2.90 bits per heavy atom. The Morgan fingerprint density at radius 1 is 1.18 bits per heavy atom. The largest absolute Gasteiger partial charge is 0.356 e. The normalized spacial score (nSPS) is 19.5. The summed E-state index contributed by atoms with van der Waals surface area (Å²) in [5, 5.41) is 17.0. The monoisotopic (exact) mass is 548 g/mol. The molecular formula is C27H32N8O3S. The van der Waals surface area contributed by atoms with Gasteiger partial charge in [0.1, 0.15) is 4.88 Å². The van der Waals surface area contributed by atoms with Crippen molar-refractivity contribution in [1.29, 1.82) is 0 Å². The van der Waals surface area contributed by atoms with E-state index in [4.69, 9.17) is 4.74 Å². The molecule has 204 valence electrons. The summed E-state index contributed by atoms with van der Waals surface area (Å²) in [5.41, 5.74) is 2.64. The first-order chi connectivity index (χ1) is 19.0. The summed E-state index contributed by atoms with van der Waals surface area (Å²) in [6.07, 6.45) is 9.72. The number of nitrogens with zero attached hydrogens (tertiary/aromatic N) is 6. The highest BCUT2D eigenvalue weighted by Gasteiger charge is 2.27. The zero-order valence-corrected chi connectivity index (χ0v) is 22.9. The average molecular weight is 549 g/mol. The molecule has 0 bridgehead atoms. The van der Waals surface area contributed by atoms with Gasteiger partial charge < -0.3 is 20.3 Å². The second-order valence-electron chi connectivity index (χ2n) is 10.0. The van der Waals surface area contributed by atoms with Crippen molar-refractivity contribution < 1.29 is 14.3 Å². The van der Waals surface area contributed by atoms with Crippen LogP contribution in [-0.2, 0) is 9.53 Å². The average Bonchev–Trinajstić information content (AvgIpc) is 3.77. The van der Waals surface area contributed by atoms with Crippen molar-refractivity contribution in [3.05, 3.63) is 47.2 Å². The number of ether oxygens (including phenoxy) is 1. The molecule has 0 spiro atoms. The lowest BCUT2D eigenvalue weighted by molar-refractivity contribution is -0.129. The minimum absolute atomic E-state index is 0.0763. The standard InChI is InChI=1S/C27H32N8O3S/c1-3-23(36)33-11-9-18(16-33)34-12-10-22(32-34)30-27-28-15-21(39-27)26(37)31-25-17(2)7-8-20-19(25)14-29-35(20)24-6-4-5-13-38-24/h7-8,10,12,14-15,18,24H,3-6,9,11,13,16H2,1-2H3,(H,31,37)(H,28,30,32)/t18-,24?/m1/s1. The van der Waals surface area contributed by atoms with Crippen molar-refractivity contribution in [2.45, 2.75) is 58.2 Å². The van der Waals surface area contributed by atoms with E-state index in [2.05, 4.69) is 25.8 Å². The topological polar surface area (TPSA) is 119 Å². The quantitative estimate of drug-likeness (QED) is 0.338. The number of carbonyl (C=O) groups is 2. The predicted molar refractivity (Wildman–Crippen MR) is 149 cm³/mol. The molecule has 2 atom stereocenters. The van der Waals surface area contributed by atoms with Gasteiger partial charge in [-0.2, -0.15) is 10.2 Å². The lowest BCUT2D eigenvalue weighted by Crippen LogP contribution is -2.28. The first-order valence-corrected chi connectivity index (χ1v) is 14.3. The van der Waals surface area contributed by atoms with Crippen LogP contribution in [0.15, 0.2) is 36.8 Å². The van der Waals surface area contributed by atoms with Crippen molar-refractivity contribution >= 4 is 50.7 Å². The molecule has 2 amide bonds.